The van der Waals surface area contributed by atoms with Crippen LogP contribution >= 0.6 is 0 Å². The number of quaternary nitrogens is 1. The molecule has 0 radical (unpaired) electrons. The van der Waals surface area contributed by atoms with Gasteiger partial charge >= 0.3 is 0 Å². The Morgan fingerprint density at radius 1 is 0.765 bits per heavy atom. The number of unbranched alkanes of at least 4 members (excludes halogenated alkanes) is 9. The van der Waals surface area contributed by atoms with Crippen molar-refractivity contribution in [2.75, 3.05) is 20.6 Å². The molecule has 0 saturated carbocycles. The molecule has 17 heavy (non-hydrogen) atoms. The van der Waals surface area contributed by atoms with Gasteiger partial charge in [0, 0.05) is 0 Å². The van der Waals surface area contributed by atoms with Crippen LogP contribution in [-0.4, -0.2) is 20.6 Å². The van der Waals surface area contributed by atoms with Crippen LogP contribution in [0.1, 0.15) is 71.1 Å². The molecule has 0 unspecified atom stereocenters. The highest BCUT2D eigenvalue weighted by Crippen LogP contribution is 2.09. The van der Waals surface area contributed by atoms with E-state index in [1.54, 1.807) is 0 Å². The Morgan fingerprint density at radius 2 is 1.06 bits per heavy atom. The zero-order chi connectivity index (χ0) is 13.4. The van der Waals surface area contributed by atoms with Crippen LogP contribution in [0.3, 0.4) is 0 Å². The van der Waals surface area contributed by atoms with Gasteiger partial charge in [-0.05, 0) is 13.0 Å². The quantitative estimate of drug-likeness (QED) is 0.460. The molecule has 3 nitrogen and oxygen atoms in total. The third-order valence-corrected chi connectivity index (χ3v) is 2.56. The third kappa shape index (κ3) is 31.3. The topological polar surface area (TPSA) is 53.5 Å². The van der Waals surface area contributed by atoms with Gasteiger partial charge in [0.2, 0.25) is 0 Å². The first kappa shape index (κ1) is 19.2. The van der Waals surface area contributed by atoms with Crippen molar-refractivity contribution in [3.63, 3.8) is 0 Å². The minimum atomic E-state index is 0.167. The average Bonchev–Trinajstić information content (AvgIpc) is 2.26. The lowest BCUT2D eigenvalue weighted by Gasteiger charge is -2.04. The van der Waals surface area contributed by atoms with Gasteiger partial charge in [0.25, 0.3) is 0 Å². The number of nitrogens with one attached hydrogen (secondary N) is 1. The molecule has 0 atom stereocenters. The Morgan fingerprint density at radius 3 is 1.35 bits per heavy atom. The van der Waals surface area contributed by atoms with Crippen LogP contribution < -0.4 is 10.8 Å². The monoisotopic (exact) mass is 246 g/mol. The Labute approximate surface area is 108 Å². The standard InChI is InChI=1S/C12H27N.C2H7NO/c1-2-3-4-5-6-7-8-9-10-11-12-13;1-3(2)4/h2-13H2,1H3;3H,1-2H3. The molecule has 0 bridgehead atoms. The Hall–Kier alpha value is -0.120. The van der Waals surface area contributed by atoms with Crippen molar-refractivity contribution in [2.45, 2.75) is 71.1 Å². The van der Waals surface area contributed by atoms with E-state index in [1.165, 1.54) is 78.3 Å². The molecule has 0 amide bonds. The molecule has 0 saturated heterocycles. The minimum absolute atomic E-state index is 0.167. The maximum atomic E-state index is 9.44. The Bertz CT molecular complexity index is 106. The maximum absolute atomic E-state index is 9.44. The summed E-state index contributed by atoms with van der Waals surface area (Å²) in [6.45, 7) is 3.14. The second-order valence-corrected chi connectivity index (χ2v) is 4.88. The van der Waals surface area contributed by atoms with Crippen molar-refractivity contribution < 1.29 is 5.06 Å². The first-order chi connectivity index (χ1) is 8.15. The summed E-state index contributed by atoms with van der Waals surface area (Å²) in [5.41, 5.74) is 5.42. The summed E-state index contributed by atoms with van der Waals surface area (Å²) >= 11 is 0. The fourth-order valence-corrected chi connectivity index (χ4v) is 1.63. The lowest BCUT2D eigenvalue weighted by Crippen LogP contribution is -3.00. The summed E-state index contributed by atoms with van der Waals surface area (Å²) in [4.78, 5) is 0. The number of nitrogens with two attached hydrogens (primary N) is 1. The second-order valence-electron chi connectivity index (χ2n) is 4.88. The van der Waals surface area contributed by atoms with Crippen LogP contribution in [0.2, 0.25) is 0 Å². The fraction of sp³-hybridized carbons (Fsp3) is 1.00. The van der Waals surface area contributed by atoms with E-state index in [-0.39, 0.29) is 5.06 Å². The van der Waals surface area contributed by atoms with Crippen LogP contribution in [0.15, 0.2) is 0 Å². The molecule has 0 fully saturated rings. The van der Waals surface area contributed by atoms with Crippen molar-refractivity contribution in [1.29, 1.82) is 0 Å². The molecule has 0 aliphatic heterocycles. The molecule has 0 spiro atoms. The molecule has 3 heteroatoms. The predicted octanol–water partition coefficient (Wildman–Crippen LogP) is 2.49. The van der Waals surface area contributed by atoms with Gasteiger partial charge in [-0.15, -0.1) is 0 Å². The Kier molecular flexibility index (Phi) is 20.6. The molecule has 0 aromatic carbocycles. The van der Waals surface area contributed by atoms with Crippen molar-refractivity contribution in [2.24, 2.45) is 5.73 Å². The molecule has 3 N–H and O–H groups in total. The van der Waals surface area contributed by atoms with Gasteiger partial charge in [-0.1, -0.05) is 64.7 Å². The largest absolute Gasteiger partial charge is 0.635 e. The van der Waals surface area contributed by atoms with Gasteiger partial charge in [-0.25, -0.2) is 0 Å². The normalized spacial score (nSPS) is 10.2. The van der Waals surface area contributed by atoms with Gasteiger partial charge in [0.05, 0.1) is 14.1 Å². The molecule has 0 aliphatic carbocycles. The molecule has 0 rings (SSSR count). The molecular formula is C14H34N2O. The van der Waals surface area contributed by atoms with E-state index in [0.29, 0.717) is 0 Å². The van der Waals surface area contributed by atoms with Crippen LogP contribution in [0.5, 0.6) is 0 Å². The minimum Gasteiger partial charge on any atom is -0.635 e. The fourth-order valence-electron chi connectivity index (χ4n) is 1.63. The summed E-state index contributed by atoms with van der Waals surface area (Å²) < 4.78 is 0. The van der Waals surface area contributed by atoms with Gasteiger partial charge in [0.1, 0.15) is 0 Å². The second kappa shape index (κ2) is 18.3. The van der Waals surface area contributed by atoms with E-state index >= 15 is 0 Å². The summed E-state index contributed by atoms with van der Waals surface area (Å²) in [6.07, 6.45) is 13.9. The lowest BCUT2D eigenvalue weighted by molar-refractivity contribution is -0.802. The highest BCUT2D eigenvalue weighted by molar-refractivity contribution is 4.47. The number of hydrogen-bond acceptors (Lipinski definition) is 2. The van der Waals surface area contributed by atoms with Crippen molar-refractivity contribution in [3.05, 3.63) is 5.21 Å². The summed E-state index contributed by atoms with van der Waals surface area (Å²) in [6, 6.07) is 0. The highest BCUT2D eigenvalue weighted by atomic mass is 16.5. The van der Waals surface area contributed by atoms with Crippen molar-refractivity contribution in [3.8, 4) is 0 Å². The van der Waals surface area contributed by atoms with Crippen LogP contribution in [0.25, 0.3) is 0 Å². The molecule has 106 valence electrons. The molecule has 0 aromatic rings. The number of hydrogen-bond donors (Lipinski definition) is 2. The summed E-state index contributed by atoms with van der Waals surface area (Å²) in [5, 5.41) is 9.61. The van der Waals surface area contributed by atoms with E-state index in [0.717, 1.165) is 6.54 Å². The van der Waals surface area contributed by atoms with Gasteiger partial charge in [-0.3, -0.25) is 0 Å². The number of hydroxylamine groups is 2. The van der Waals surface area contributed by atoms with E-state index < -0.39 is 0 Å². The van der Waals surface area contributed by atoms with Crippen molar-refractivity contribution >= 4 is 0 Å². The van der Waals surface area contributed by atoms with E-state index in [2.05, 4.69) is 6.92 Å². The highest BCUT2D eigenvalue weighted by Gasteiger charge is 1.91. The van der Waals surface area contributed by atoms with E-state index in [9.17, 15) is 5.21 Å². The van der Waals surface area contributed by atoms with Crippen molar-refractivity contribution in [1.82, 2.24) is 0 Å². The van der Waals surface area contributed by atoms with E-state index in [4.69, 9.17) is 5.73 Å². The molecule has 0 aliphatic rings. The van der Waals surface area contributed by atoms with Crippen LogP contribution in [-0.2, 0) is 0 Å². The first-order valence-electron chi connectivity index (χ1n) is 7.32. The predicted molar refractivity (Wildman–Crippen MR) is 77.1 cm³/mol. The summed E-state index contributed by atoms with van der Waals surface area (Å²) in [5.74, 6) is 0. The molecular weight excluding hydrogens is 212 g/mol. The average molecular weight is 246 g/mol. The van der Waals surface area contributed by atoms with Crippen LogP contribution in [0, 0.1) is 5.21 Å². The zero-order valence-electron chi connectivity index (χ0n) is 12.3. The molecule has 0 aromatic heterocycles. The maximum Gasteiger partial charge on any atom is 0.0660 e. The number of rotatable bonds is 10. The smallest absolute Gasteiger partial charge is 0.0660 e. The van der Waals surface area contributed by atoms with Gasteiger partial charge in [-0.2, -0.15) is 0 Å². The van der Waals surface area contributed by atoms with E-state index in [1.807, 2.05) is 0 Å². The summed E-state index contributed by atoms with van der Waals surface area (Å²) in [7, 11) is 3.06. The SMILES string of the molecule is CCCCCCCCCCCCN.C[NH+](C)[O-]. The van der Waals surface area contributed by atoms with Gasteiger partial charge in [0.15, 0.2) is 0 Å². The third-order valence-electron chi connectivity index (χ3n) is 2.56. The van der Waals surface area contributed by atoms with Gasteiger partial charge < -0.3 is 16.0 Å². The molecule has 0 heterocycles. The van der Waals surface area contributed by atoms with Crippen LogP contribution in [0.4, 0.5) is 0 Å². The first-order valence-corrected chi connectivity index (χ1v) is 7.32. The lowest BCUT2D eigenvalue weighted by atomic mass is 10.1. The zero-order valence-corrected chi connectivity index (χ0v) is 12.3. The Balaban J connectivity index is 0.